The molecule has 0 aromatic carbocycles. The van der Waals surface area contributed by atoms with Crippen molar-refractivity contribution in [1.29, 1.82) is 0 Å². The van der Waals surface area contributed by atoms with Crippen molar-refractivity contribution < 1.29 is 4.74 Å². The molecular formula is C11H17N3OS. The van der Waals surface area contributed by atoms with Gasteiger partial charge in [0.25, 0.3) is 0 Å². The molecule has 0 radical (unpaired) electrons. The van der Waals surface area contributed by atoms with E-state index in [1.807, 2.05) is 13.0 Å². The van der Waals surface area contributed by atoms with E-state index < -0.39 is 0 Å². The van der Waals surface area contributed by atoms with E-state index in [4.69, 9.17) is 22.7 Å². The number of thiocarbonyl (C=S) groups is 1. The minimum absolute atomic E-state index is 0.375. The fourth-order valence-electron chi connectivity index (χ4n) is 1.43. The molecule has 0 fully saturated rings. The van der Waals surface area contributed by atoms with Gasteiger partial charge in [-0.05, 0) is 25.0 Å². The van der Waals surface area contributed by atoms with Crippen LogP contribution in [0.3, 0.4) is 0 Å². The average Bonchev–Trinajstić information content (AvgIpc) is 2.24. The molecule has 5 heteroatoms. The number of methoxy groups -OCH3 is 1. The molecule has 3 N–H and O–H groups in total. The molecule has 0 unspecified atom stereocenters. The molecule has 0 amide bonds. The second-order valence-corrected chi connectivity index (χ2v) is 3.93. The first-order valence-corrected chi connectivity index (χ1v) is 5.56. The number of hydrogen-bond acceptors (Lipinski definition) is 4. The van der Waals surface area contributed by atoms with Crippen molar-refractivity contribution in [2.75, 3.05) is 25.6 Å². The van der Waals surface area contributed by atoms with E-state index in [9.17, 15) is 0 Å². The molecule has 0 saturated heterocycles. The van der Waals surface area contributed by atoms with Crippen LogP contribution in [-0.4, -0.2) is 30.2 Å². The lowest BCUT2D eigenvalue weighted by atomic mass is 10.1. The number of aromatic nitrogens is 1. The topological polar surface area (TPSA) is 60.2 Å². The Morgan fingerprint density at radius 3 is 3.00 bits per heavy atom. The van der Waals surface area contributed by atoms with Gasteiger partial charge in [0.1, 0.15) is 10.8 Å². The van der Waals surface area contributed by atoms with Gasteiger partial charge in [-0.3, -0.25) is 0 Å². The van der Waals surface area contributed by atoms with Crippen molar-refractivity contribution in [2.45, 2.75) is 13.3 Å². The van der Waals surface area contributed by atoms with Gasteiger partial charge in [0, 0.05) is 26.5 Å². The molecular weight excluding hydrogens is 222 g/mol. The van der Waals surface area contributed by atoms with Gasteiger partial charge in [0.05, 0.1) is 5.56 Å². The van der Waals surface area contributed by atoms with Crippen molar-refractivity contribution in [3.63, 3.8) is 0 Å². The maximum absolute atomic E-state index is 5.67. The molecule has 0 aliphatic heterocycles. The minimum Gasteiger partial charge on any atom is -0.389 e. The molecule has 0 saturated carbocycles. The fourth-order valence-corrected chi connectivity index (χ4v) is 1.68. The molecule has 4 nitrogen and oxygen atoms in total. The third-order valence-electron chi connectivity index (χ3n) is 2.22. The minimum atomic E-state index is 0.375. The highest BCUT2D eigenvalue weighted by Gasteiger charge is 2.08. The lowest BCUT2D eigenvalue weighted by Gasteiger charge is -2.11. The molecule has 0 spiro atoms. The van der Waals surface area contributed by atoms with E-state index in [1.165, 1.54) is 0 Å². The Bertz CT molecular complexity index is 368. The molecule has 16 heavy (non-hydrogen) atoms. The van der Waals surface area contributed by atoms with Crippen LogP contribution in [0.1, 0.15) is 17.5 Å². The number of rotatable bonds is 6. The molecule has 1 aromatic rings. The van der Waals surface area contributed by atoms with Gasteiger partial charge >= 0.3 is 0 Å². The van der Waals surface area contributed by atoms with Gasteiger partial charge in [-0.2, -0.15) is 0 Å². The zero-order chi connectivity index (χ0) is 12.0. The van der Waals surface area contributed by atoms with Crippen LogP contribution in [0.25, 0.3) is 0 Å². The number of nitrogens with one attached hydrogen (secondary N) is 1. The van der Waals surface area contributed by atoms with Crippen LogP contribution in [0.5, 0.6) is 0 Å². The SMILES string of the molecule is COCCCNc1nccc(C)c1C(N)=S. The predicted octanol–water partition coefficient (Wildman–Crippen LogP) is 1.47. The first-order chi connectivity index (χ1) is 7.66. The van der Waals surface area contributed by atoms with Crippen molar-refractivity contribution >= 4 is 23.0 Å². The fraction of sp³-hybridized carbons (Fsp3) is 0.455. The number of hydrogen-bond donors (Lipinski definition) is 2. The van der Waals surface area contributed by atoms with Gasteiger partial charge in [-0.25, -0.2) is 4.98 Å². The van der Waals surface area contributed by atoms with E-state index in [2.05, 4.69) is 10.3 Å². The molecule has 0 aliphatic rings. The van der Waals surface area contributed by atoms with E-state index >= 15 is 0 Å². The summed E-state index contributed by atoms with van der Waals surface area (Å²) in [7, 11) is 1.69. The molecule has 1 heterocycles. The second-order valence-electron chi connectivity index (χ2n) is 3.49. The molecule has 0 atom stereocenters. The Morgan fingerprint density at radius 2 is 2.38 bits per heavy atom. The molecule has 1 rings (SSSR count). The summed E-state index contributed by atoms with van der Waals surface area (Å²) in [6, 6.07) is 1.90. The van der Waals surface area contributed by atoms with Crippen molar-refractivity contribution in [1.82, 2.24) is 4.98 Å². The Labute approximate surface area is 101 Å². The maximum atomic E-state index is 5.67. The van der Waals surface area contributed by atoms with Crippen LogP contribution in [0.2, 0.25) is 0 Å². The van der Waals surface area contributed by atoms with Crippen LogP contribution in [0.15, 0.2) is 12.3 Å². The average molecular weight is 239 g/mol. The van der Waals surface area contributed by atoms with Crippen molar-refractivity contribution in [3.8, 4) is 0 Å². The van der Waals surface area contributed by atoms with Gasteiger partial charge in [0.15, 0.2) is 0 Å². The van der Waals surface area contributed by atoms with Crippen molar-refractivity contribution in [2.24, 2.45) is 5.73 Å². The van der Waals surface area contributed by atoms with Crippen LogP contribution < -0.4 is 11.1 Å². The summed E-state index contributed by atoms with van der Waals surface area (Å²) in [6.07, 6.45) is 2.67. The van der Waals surface area contributed by atoms with Gasteiger partial charge in [0.2, 0.25) is 0 Å². The third kappa shape index (κ3) is 3.43. The lowest BCUT2D eigenvalue weighted by Crippen LogP contribution is -2.17. The highest BCUT2D eigenvalue weighted by Crippen LogP contribution is 2.16. The zero-order valence-electron chi connectivity index (χ0n) is 9.62. The molecule has 0 bridgehead atoms. The number of anilines is 1. The maximum Gasteiger partial charge on any atom is 0.136 e. The van der Waals surface area contributed by atoms with E-state index in [0.29, 0.717) is 4.99 Å². The number of pyridine rings is 1. The highest BCUT2D eigenvalue weighted by atomic mass is 32.1. The molecule has 0 aliphatic carbocycles. The first kappa shape index (κ1) is 12.9. The smallest absolute Gasteiger partial charge is 0.136 e. The van der Waals surface area contributed by atoms with E-state index in [-0.39, 0.29) is 0 Å². The molecule has 1 aromatic heterocycles. The summed E-state index contributed by atoms with van der Waals surface area (Å²) in [5, 5.41) is 3.21. The Morgan fingerprint density at radius 1 is 1.62 bits per heavy atom. The normalized spacial score (nSPS) is 10.1. The Balaban J connectivity index is 2.71. The van der Waals surface area contributed by atoms with Crippen LogP contribution >= 0.6 is 12.2 Å². The summed E-state index contributed by atoms with van der Waals surface area (Å²) in [4.78, 5) is 4.61. The Kier molecular flexibility index (Phi) is 5.14. The summed E-state index contributed by atoms with van der Waals surface area (Å²) in [5.74, 6) is 0.753. The summed E-state index contributed by atoms with van der Waals surface area (Å²) in [6.45, 7) is 3.48. The predicted molar refractivity (Wildman–Crippen MR) is 69.8 cm³/mol. The van der Waals surface area contributed by atoms with Crippen LogP contribution in [0, 0.1) is 6.92 Å². The molecule has 88 valence electrons. The van der Waals surface area contributed by atoms with Crippen LogP contribution in [-0.2, 0) is 4.74 Å². The van der Waals surface area contributed by atoms with E-state index in [0.717, 1.165) is 36.5 Å². The van der Waals surface area contributed by atoms with Gasteiger partial charge in [-0.15, -0.1) is 0 Å². The van der Waals surface area contributed by atoms with E-state index in [1.54, 1.807) is 13.3 Å². The number of aryl methyl sites for hydroxylation is 1. The third-order valence-corrected chi connectivity index (χ3v) is 2.43. The number of nitrogens with zero attached hydrogens (tertiary/aromatic N) is 1. The Hall–Kier alpha value is -1.20. The summed E-state index contributed by atoms with van der Waals surface area (Å²) < 4.78 is 4.97. The van der Waals surface area contributed by atoms with Gasteiger partial charge < -0.3 is 15.8 Å². The highest BCUT2D eigenvalue weighted by molar-refractivity contribution is 7.80. The van der Waals surface area contributed by atoms with Gasteiger partial charge in [-0.1, -0.05) is 12.2 Å². The van der Waals surface area contributed by atoms with Crippen LogP contribution in [0.4, 0.5) is 5.82 Å². The lowest BCUT2D eigenvalue weighted by molar-refractivity contribution is 0.198. The quantitative estimate of drug-likeness (QED) is 0.581. The number of nitrogens with two attached hydrogens (primary N) is 1. The monoisotopic (exact) mass is 239 g/mol. The summed E-state index contributed by atoms with van der Waals surface area (Å²) >= 11 is 5.01. The first-order valence-electron chi connectivity index (χ1n) is 5.15. The standard InChI is InChI=1S/C11H17N3OS/c1-8-4-6-14-11(9(8)10(12)16)13-5-3-7-15-2/h4,6H,3,5,7H2,1-2H3,(H2,12,16)(H,13,14). The number of ether oxygens (including phenoxy) is 1. The largest absolute Gasteiger partial charge is 0.389 e. The van der Waals surface area contributed by atoms with Crippen molar-refractivity contribution in [3.05, 3.63) is 23.4 Å². The second kappa shape index (κ2) is 6.40. The summed E-state index contributed by atoms with van der Waals surface area (Å²) in [5.41, 5.74) is 7.54. The zero-order valence-corrected chi connectivity index (χ0v) is 10.4.